The van der Waals surface area contributed by atoms with Crippen LogP contribution in [0.15, 0.2) is 12.1 Å². The van der Waals surface area contributed by atoms with E-state index in [4.69, 9.17) is 11.6 Å². The van der Waals surface area contributed by atoms with Gasteiger partial charge in [0, 0.05) is 39.3 Å². The normalized spacial score (nSPS) is 22.3. The number of likely N-dealkylation sites (N-methyl/N-ethyl adjacent to an activating group) is 2. The van der Waals surface area contributed by atoms with E-state index in [1.807, 2.05) is 6.07 Å². The predicted octanol–water partition coefficient (Wildman–Crippen LogP) is 1.74. The largest absolute Gasteiger partial charge is 0.365 e. The Hall–Kier alpha value is -0.290. The Labute approximate surface area is 106 Å². The number of anilines is 1. The van der Waals surface area contributed by atoms with Gasteiger partial charge in [0.05, 0.1) is 9.34 Å². The summed E-state index contributed by atoms with van der Waals surface area (Å²) in [6, 6.07) is 4.59. The van der Waals surface area contributed by atoms with Gasteiger partial charge in [-0.05, 0) is 19.2 Å². The Morgan fingerprint density at radius 1 is 1.62 bits per heavy atom. The topological polar surface area (TPSA) is 18.5 Å². The van der Waals surface area contributed by atoms with E-state index in [-0.39, 0.29) is 0 Å². The third kappa shape index (κ3) is 3.10. The summed E-state index contributed by atoms with van der Waals surface area (Å²) in [5, 5.41) is 4.78. The number of nitrogens with one attached hydrogen (secondary N) is 1. The molecule has 1 aromatic rings. The van der Waals surface area contributed by atoms with Crippen LogP contribution in [0, 0.1) is 0 Å². The molecule has 2 rings (SSSR count). The van der Waals surface area contributed by atoms with Crippen molar-refractivity contribution in [1.82, 2.24) is 10.2 Å². The van der Waals surface area contributed by atoms with Crippen LogP contribution in [0.2, 0.25) is 4.34 Å². The molecule has 1 atom stereocenters. The molecular formula is C11H18ClN3S. The highest BCUT2D eigenvalue weighted by atomic mass is 35.5. The number of halogens is 1. The number of rotatable bonds is 3. The highest BCUT2D eigenvalue weighted by Gasteiger charge is 2.18. The van der Waals surface area contributed by atoms with E-state index in [2.05, 4.69) is 35.3 Å². The molecule has 1 fully saturated rings. The summed E-state index contributed by atoms with van der Waals surface area (Å²) in [5.74, 6) is 0. The highest BCUT2D eigenvalue weighted by Crippen LogP contribution is 2.28. The minimum Gasteiger partial charge on any atom is -0.365 e. The summed E-state index contributed by atoms with van der Waals surface area (Å²) in [6.07, 6.45) is 0. The van der Waals surface area contributed by atoms with Crippen molar-refractivity contribution < 1.29 is 0 Å². The van der Waals surface area contributed by atoms with Crippen molar-refractivity contribution in [3.8, 4) is 0 Å². The van der Waals surface area contributed by atoms with Crippen LogP contribution in [0.25, 0.3) is 0 Å². The third-order valence-corrected chi connectivity index (χ3v) is 4.23. The SMILES string of the molecule is CN1CCNC(CN(C)c2ccc(Cl)s2)C1. The molecule has 0 spiro atoms. The fourth-order valence-electron chi connectivity index (χ4n) is 2.04. The number of piperazine rings is 1. The zero-order valence-corrected chi connectivity index (χ0v) is 11.3. The van der Waals surface area contributed by atoms with Crippen molar-refractivity contribution in [2.24, 2.45) is 0 Å². The zero-order valence-electron chi connectivity index (χ0n) is 9.74. The monoisotopic (exact) mass is 259 g/mol. The summed E-state index contributed by atoms with van der Waals surface area (Å²) in [4.78, 5) is 4.64. The van der Waals surface area contributed by atoms with Gasteiger partial charge in [0.15, 0.2) is 0 Å². The lowest BCUT2D eigenvalue weighted by Gasteiger charge is -2.33. The van der Waals surface area contributed by atoms with E-state index in [0.717, 1.165) is 30.5 Å². The average molecular weight is 260 g/mol. The van der Waals surface area contributed by atoms with Crippen molar-refractivity contribution in [3.63, 3.8) is 0 Å². The summed E-state index contributed by atoms with van der Waals surface area (Å²) in [6.45, 7) is 4.37. The van der Waals surface area contributed by atoms with Gasteiger partial charge in [0.25, 0.3) is 0 Å². The standard InChI is InChI=1S/C11H18ClN3S/c1-14-6-5-13-9(7-14)8-15(2)11-4-3-10(12)16-11/h3-4,9,13H,5-8H2,1-2H3. The molecule has 1 N–H and O–H groups in total. The van der Waals surface area contributed by atoms with Crippen LogP contribution in [0.4, 0.5) is 5.00 Å². The molecule has 5 heteroatoms. The predicted molar refractivity (Wildman–Crippen MR) is 71.9 cm³/mol. The molecule has 0 amide bonds. The molecule has 0 aliphatic carbocycles. The molecule has 0 saturated carbocycles. The van der Waals surface area contributed by atoms with E-state index < -0.39 is 0 Å². The van der Waals surface area contributed by atoms with Crippen LogP contribution >= 0.6 is 22.9 Å². The van der Waals surface area contributed by atoms with Crippen LogP contribution in [-0.4, -0.2) is 51.2 Å². The van der Waals surface area contributed by atoms with Gasteiger partial charge in [-0.3, -0.25) is 0 Å². The van der Waals surface area contributed by atoms with E-state index in [1.54, 1.807) is 11.3 Å². The molecule has 1 aliphatic rings. The van der Waals surface area contributed by atoms with Crippen molar-refractivity contribution in [2.45, 2.75) is 6.04 Å². The van der Waals surface area contributed by atoms with Crippen LogP contribution < -0.4 is 10.2 Å². The first kappa shape index (κ1) is 12.2. The quantitative estimate of drug-likeness (QED) is 0.892. The second-order valence-corrected chi connectivity index (χ2v) is 6.07. The fraction of sp³-hybridized carbons (Fsp3) is 0.636. The second kappa shape index (κ2) is 5.36. The van der Waals surface area contributed by atoms with Crippen molar-refractivity contribution in [1.29, 1.82) is 0 Å². The molecule has 1 unspecified atom stereocenters. The molecule has 1 aromatic heterocycles. The lowest BCUT2D eigenvalue weighted by Crippen LogP contribution is -2.53. The van der Waals surface area contributed by atoms with E-state index in [1.165, 1.54) is 5.00 Å². The molecule has 90 valence electrons. The number of nitrogens with zero attached hydrogens (tertiary/aromatic N) is 2. The van der Waals surface area contributed by atoms with Crippen LogP contribution in [0.1, 0.15) is 0 Å². The van der Waals surface area contributed by atoms with E-state index in [0.29, 0.717) is 6.04 Å². The van der Waals surface area contributed by atoms with Gasteiger partial charge >= 0.3 is 0 Å². The maximum absolute atomic E-state index is 5.94. The first-order chi connectivity index (χ1) is 7.65. The Morgan fingerprint density at radius 3 is 3.06 bits per heavy atom. The number of thiophene rings is 1. The summed E-state index contributed by atoms with van der Waals surface area (Å²) >= 11 is 7.57. The molecule has 0 bridgehead atoms. The van der Waals surface area contributed by atoms with E-state index >= 15 is 0 Å². The van der Waals surface area contributed by atoms with Crippen molar-refractivity contribution >= 4 is 27.9 Å². The number of hydrogen-bond acceptors (Lipinski definition) is 4. The van der Waals surface area contributed by atoms with Crippen LogP contribution in [0.3, 0.4) is 0 Å². The van der Waals surface area contributed by atoms with Gasteiger partial charge < -0.3 is 15.1 Å². The molecule has 2 heterocycles. The summed E-state index contributed by atoms with van der Waals surface area (Å²) in [7, 11) is 4.30. The first-order valence-corrected chi connectivity index (χ1v) is 6.73. The van der Waals surface area contributed by atoms with E-state index in [9.17, 15) is 0 Å². The molecule has 0 radical (unpaired) electrons. The Bertz CT molecular complexity index is 342. The Balaban J connectivity index is 1.89. The minimum atomic E-state index is 0.546. The molecule has 16 heavy (non-hydrogen) atoms. The van der Waals surface area contributed by atoms with Gasteiger partial charge in [-0.25, -0.2) is 0 Å². The van der Waals surface area contributed by atoms with Crippen molar-refractivity contribution in [2.75, 3.05) is 45.2 Å². The molecule has 1 aliphatic heterocycles. The van der Waals surface area contributed by atoms with Gasteiger partial charge in [-0.1, -0.05) is 11.6 Å². The Kier molecular flexibility index (Phi) is 4.08. The maximum atomic E-state index is 5.94. The first-order valence-electron chi connectivity index (χ1n) is 5.53. The summed E-state index contributed by atoms with van der Waals surface area (Å²) < 4.78 is 0.857. The van der Waals surface area contributed by atoms with Gasteiger partial charge in [-0.15, -0.1) is 11.3 Å². The second-order valence-electron chi connectivity index (χ2n) is 4.37. The summed E-state index contributed by atoms with van der Waals surface area (Å²) in [5.41, 5.74) is 0. The minimum absolute atomic E-state index is 0.546. The lowest BCUT2D eigenvalue weighted by atomic mass is 10.2. The smallest absolute Gasteiger partial charge is 0.0950 e. The average Bonchev–Trinajstić information content (AvgIpc) is 2.65. The number of hydrogen-bond donors (Lipinski definition) is 1. The van der Waals surface area contributed by atoms with Crippen LogP contribution in [-0.2, 0) is 0 Å². The Morgan fingerprint density at radius 2 is 2.44 bits per heavy atom. The fourth-order valence-corrected chi connectivity index (χ4v) is 3.05. The van der Waals surface area contributed by atoms with Gasteiger partial charge in [-0.2, -0.15) is 0 Å². The lowest BCUT2D eigenvalue weighted by molar-refractivity contribution is 0.241. The van der Waals surface area contributed by atoms with Gasteiger partial charge in [0.1, 0.15) is 0 Å². The maximum Gasteiger partial charge on any atom is 0.0950 e. The highest BCUT2D eigenvalue weighted by molar-refractivity contribution is 7.19. The molecular weight excluding hydrogens is 242 g/mol. The van der Waals surface area contributed by atoms with Gasteiger partial charge in [0.2, 0.25) is 0 Å². The zero-order chi connectivity index (χ0) is 11.5. The molecule has 3 nitrogen and oxygen atoms in total. The molecule has 0 aromatic carbocycles. The molecule has 1 saturated heterocycles. The third-order valence-electron chi connectivity index (χ3n) is 2.89. The van der Waals surface area contributed by atoms with Crippen molar-refractivity contribution in [3.05, 3.63) is 16.5 Å². The van der Waals surface area contributed by atoms with Crippen LogP contribution in [0.5, 0.6) is 0 Å².